The number of carbonyl (C=O) groups excluding carboxylic acids is 1. The van der Waals surface area contributed by atoms with Crippen molar-refractivity contribution in [2.24, 2.45) is 0 Å². The number of benzene rings is 1. The number of nitrogens with zero attached hydrogens (tertiary/aromatic N) is 4. The summed E-state index contributed by atoms with van der Waals surface area (Å²) < 4.78 is 46.1. The van der Waals surface area contributed by atoms with Crippen molar-refractivity contribution in [2.75, 3.05) is 31.1 Å². The van der Waals surface area contributed by atoms with Crippen molar-refractivity contribution in [3.63, 3.8) is 0 Å². The summed E-state index contributed by atoms with van der Waals surface area (Å²) >= 11 is 0. The topological polar surface area (TPSA) is 50.6 Å². The Bertz CT molecular complexity index is 842. The van der Waals surface area contributed by atoms with Gasteiger partial charge in [-0.05, 0) is 39.3 Å². The van der Waals surface area contributed by atoms with E-state index >= 15 is 0 Å². The van der Waals surface area contributed by atoms with Crippen LogP contribution < -0.4 is 4.90 Å². The smallest absolute Gasteiger partial charge is 0.410 e. The molecular weight excluding hydrogens is 373 g/mol. The molecule has 2 aromatic rings. The minimum absolute atomic E-state index is 0.282. The van der Waals surface area contributed by atoms with Crippen LogP contribution in [0.1, 0.15) is 27.2 Å². The second-order valence-corrected chi connectivity index (χ2v) is 7.91. The van der Waals surface area contributed by atoms with E-state index in [0.717, 1.165) is 0 Å². The van der Waals surface area contributed by atoms with Crippen LogP contribution in [0.3, 0.4) is 0 Å². The fraction of sp³-hybridized carbons (Fsp3) is 0.579. The van der Waals surface area contributed by atoms with Gasteiger partial charge in [-0.1, -0.05) is 12.1 Å². The molecule has 0 aliphatic carbocycles. The molecule has 0 bridgehead atoms. The second kappa shape index (κ2) is 7.52. The Kier molecular flexibility index (Phi) is 5.45. The SMILES string of the molecule is CC(C)(C)OC(=O)N1CCCN(c2nc3ccccc3n2CC(F)(F)F)CC1. The van der Waals surface area contributed by atoms with Crippen LogP contribution in [0.4, 0.5) is 23.9 Å². The summed E-state index contributed by atoms with van der Waals surface area (Å²) in [6.07, 6.45) is -4.14. The number of anilines is 1. The van der Waals surface area contributed by atoms with Crippen molar-refractivity contribution < 1.29 is 22.7 Å². The number of imidazole rings is 1. The summed E-state index contributed by atoms with van der Waals surface area (Å²) in [4.78, 5) is 20.2. The standard InChI is InChI=1S/C19H25F3N4O2/c1-18(2,3)28-17(27)25-10-6-9-24(11-12-25)16-23-14-7-4-5-8-15(14)26(16)13-19(20,21)22/h4-5,7-8H,6,9-13H2,1-3H3. The van der Waals surface area contributed by atoms with E-state index in [1.807, 2.05) is 4.90 Å². The van der Waals surface area contributed by atoms with E-state index in [2.05, 4.69) is 4.98 Å². The van der Waals surface area contributed by atoms with Crippen LogP contribution >= 0.6 is 0 Å². The molecule has 1 aliphatic rings. The fourth-order valence-electron chi connectivity index (χ4n) is 3.27. The first-order valence-corrected chi connectivity index (χ1v) is 9.28. The number of fused-ring (bicyclic) bond motifs is 1. The largest absolute Gasteiger partial charge is 0.444 e. The summed E-state index contributed by atoms with van der Waals surface area (Å²) in [6.45, 7) is 6.06. The summed E-state index contributed by atoms with van der Waals surface area (Å²) in [5, 5.41) is 0. The van der Waals surface area contributed by atoms with Gasteiger partial charge in [0.15, 0.2) is 0 Å². The van der Waals surface area contributed by atoms with Gasteiger partial charge in [0.2, 0.25) is 5.95 Å². The zero-order chi connectivity index (χ0) is 20.5. The minimum atomic E-state index is -4.35. The molecule has 1 aromatic heterocycles. The maximum atomic E-state index is 13.2. The van der Waals surface area contributed by atoms with Crippen LogP contribution in [-0.2, 0) is 11.3 Å². The molecule has 154 valence electrons. The van der Waals surface area contributed by atoms with E-state index in [4.69, 9.17) is 4.74 Å². The lowest BCUT2D eigenvalue weighted by molar-refractivity contribution is -0.139. The first-order chi connectivity index (χ1) is 13.0. The Morgan fingerprint density at radius 1 is 1.11 bits per heavy atom. The number of rotatable bonds is 2. The van der Waals surface area contributed by atoms with Gasteiger partial charge in [-0.15, -0.1) is 0 Å². The van der Waals surface area contributed by atoms with Crippen molar-refractivity contribution in [3.05, 3.63) is 24.3 Å². The average molecular weight is 398 g/mol. The van der Waals surface area contributed by atoms with Gasteiger partial charge in [0, 0.05) is 26.2 Å². The number of amides is 1. The van der Waals surface area contributed by atoms with Crippen molar-refractivity contribution in [3.8, 4) is 0 Å². The quantitative estimate of drug-likeness (QED) is 0.766. The molecule has 3 rings (SSSR count). The highest BCUT2D eigenvalue weighted by molar-refractivity contribution is 5.79. The normalized spacial score (nSPS) is 16.4. The van der Waals surface area contributed by atoms with E-state index in [1.165, 1.54) is 4.57 Å². The monoisotopic (exact) mass is 398 g/mol. The Morgan fingerprint density at radius 3 is 2.50 bits per heavy atom. The molecule has 0 saturated carbocycles. The zero-order valence-corrected chi connectivity index (χ0v) is 16.3. The molecule has 0 N–H and O–H groups in total. The van der Waals surface area contributed by atoms with Gasteiger partial charge in [0.05, 0.1) is 11.0 Å². The second-order valence-electron chi connectivity index (χ2n) is 7.91. The van der Waals surface area contributed by atoms with Crippen molar-refractivity contribution in [1.29, 1.82) is 0 Å². The predicted octanol–water partition coefficient (Wildman–Crippen LogP) is 4.05. The molecule has 1 amide bonds. The number of carbonyl (C=O) groups is 1. The van der Waals surface area contributed by atoms with Crippen molar-refractivity contribution in [2.45, 2.75) is 45.5 Å². The van der Waals surface area contributed by atoms with Gasteiger partial charge in [0.1, 0.15) is 12.1 Å². The molecule has 1 aromatic carbocycles. The summed E-state index contributed by atoms with van der Waals surface area (Å²) in [5.74, 6) is 0.282. The fourth-order valence-corrected chi connectivity index (χ4v) is 3.27. The highest BCUT2D eigenvalue weighted by atomic mass is 19.4. The molecule has 28 heavy (non-hydrogen) atoms. The number of alkyl halides is 3. The van der Waals surface area contributed by atoms with Crippen LogP contribution in [0.5, 0.6) is 0 Å². The summed E-state index contributed by atoms with van der Waals surface area (Å²) in [6, 6.07) is 6.80. The van der Waals surface area contributed by atoms with Gasteiger partial charge < -0.3 is 19.1 Å². The van der Waals surface area contributed by atoms with Crippen LogP contribution in [-0.4, -0.2) is 58.5 Å². The molecule has 1 fully saturated rings. The Balaban J connectivity index is 1.83. The minimum Gasteiger partial charge on any atom is -0.444 e. The van der Waals surface area contributed by atoms with Crippen LogP contribution in [0.15, 0.2) is 24.3 Å². The molecule has 1 aliphatic heterocycles. The Labute approximate surface area is 161 Å². The first kappa shape index (κ1) is 20.3. The maximum Gasteiger partial charge on any atom is 0.410 e. The van der Waals surface area contributed by atoms with E-state index < -0.39 is 24.4 Å². The first-order valence-electron chi connectivity index (χ1n) is 9.28. The van der Waals surface area contributed by atoms with Gasteiger partial charge in [-0.25, -0.2) is 9.78 Å². The molecule has 0 radical (unpaired) electrons. The molecular formula is C19H25F3N4O2. The van der Waals surface area contributed by atoms with Gasteiger partial charge >= 0.3 is 12.3 Å². The van der Waals surface area contributed by atoms with E-state index in [-0.39, 0.29) is 5.95 Å². The third-order valence-corrected chi connectivity index (χ3v) is 4.40. The predicted molar refractivity (Wildman–Crippen MR) is 100 cm³/mol. The number of halogens is 3. The lowest BCUT2D eigenvalue weighted by atomic mass is 10.2. The number of aromatic nitrogens is 2. The molecule has 0 atom stereocenters. The lowest BCUT2D eigenvalue weighted by Gasteiger charge is -2.27. The number of ether oxygens (including phenoxy) is 1. The van der Waals surface area contributed by atoms with Crippen LogP contribution in [0, 0.1) is 0 Å². The van der Waals surface area contributed by atoms with Crippen molar-refractivity contribution in [1.82, 2.24) is 14.5 Å². The molecule has 6 nitrogen and oxygen atoms in total. The molecule has 1 saturated heterocycles. The van der Waals surface area contributed by atoms with Crippen LogP contribution in [0.2, 0.25) is 0 Å². The summed E-state index contributed by atoms with van der Waals surface area (Å²) in [7, 11) is 0. The van der Waals surface area contributed by atoms with Crippen molar-refractivity contribution >= 4 is 23.1 Å². The molecule has 0 spiro atoms. The zero-order valence-electron chi connectivity index (χ0n) is 16.3. The maximum absolute atomic E-state index is 13.2. The van der Waals surface area contributed by atoms with E-state index in [0.29, 0.717) is 43.6 Å². The highest BCUT2D eigenvalue weighted by Gasteiger charge is 2.32. The molecule has 0 unspecified atom stereocenters. The number of para-hydroxylation sites is 2. The van der Waals surface area contributed by atoms with Crippen LogP contribution in [0.25, 0.3) is 11.0 Å². The molecule has 2 heterocycles. The van der Waals surface area contributed by atoms with Gasteiger partial charge in [-0.2, -0.15) is 13.2 Å². The lowest BCUT2D eigenvalue weighted by Crippen LogP contribution is -2.39. The Hall–Kier alpha value is -2.45. The molecule has 9 heteroatoms. The Morgan fingerprint density at radius 2 is 1.82 bits per heavy atom. The average Bonchev–Trinajstić information content (AvgIpc) is 2.76. The third kappa shape index (κ3) is 4.88. The third-order valence-electron chi connectivity index (χ3n) is 4.40. The van der Waals surface area contributed by atoms with Gasteiger partial charge in [-0.3, -0.25) is 0 Å². The number of hydrogen-bond acceptors (Lipinski definition) is 4. The van der Waals surface area contributed by atoms with Gasteiger partial charge in [0.25, 0.3) is 0 Å². The summed E-state index contributed by atoms with van der Waals surface area (Å²) in [5.41, 5.74) is 0.377. The number of hydrogen-bond donors (Lipinski definition) is 0. The van der Waals surface area contributed by atoms with E-state index in [1.54, 1.807) is 49.9 Å². The highest BCUT2D eigenvalue weighted by Crippen LogP contribution is 2.28. The van der Waals surface area contributed by atoms with E-state index in [9.17, 15) is 18.0 Å².